The van der Waals surface area contributed by atoms with Crippen molar-refractivity contribution in [2.45, 2.75) is 19.4 Å². The number of carboxylic acid groups (broad SMARTS) is 1. The standard InChI is InChI=1S/C22H23N5O4/c23-15-2-4-19-25-21(14-1-3-18-16(9-14)24-20(28)12-31-18)17(27(19)10-15)11-26-7-5-13(6-8-26)22(29)30/h1-4,9-10,13H,5-8,11-12,23H2,(H,24,28)(H,29,30). The van der Waals surface area contributed by atoms with Gasteiger partial charge < -0.3 is 25.3 Å². The van der Waals surface area contributed by atoms with Gasteiger partial charge in [-0.2, -0.15) is 0 Å². The summed E-state index contributed by atoms with van der Waals surface area (Å²) in [7, 11) is 0. The van der Waals surface area contributed by atoms with Gasteiger partial charge in [-0.15, -0.1) is 0 Å². The van der Waals surface area contributed by atoms with E-state index in [4.69, 9.17) is 15.5 Å². The molecule has 0 radical (unpaired) electrons. The first-order valence-electron chi connectivity index (χ1n) is 10.3. The number of nitrogen functional groups attached to an aromatic ring is 1. The summed E-state index contributed by atoms with van der Waals surface area (Å²) in [5.41, 5.74) is 10.7. The Morgan fingerprint density at radius 1 is 1.26 bits per heavy atom. The van der Waals surface area contributed by atoms with Crippen molar-refractivity contribution in [3.8, 4) is 17.0 Å². The molecule has 0 spiro atoms. The fourth-order valence-corrected chi connectivity index (χ4v) is 4.27. The third kappa shape index (κ3) is 3.68. The number of nitrogens with one attached hydrogen (secondary N) is 1. The predicted octanol–water partition coefficient (Wildman–Crippen LogP) is 2.21. The summed E-state index contributed by atoms with van der Waals surface area (Å²) in [5, 5.41) is 12.1. The third-order valence-electron chi connectivity index (χ3n) is 5.94. The molecule has 1 fully saturated rings. The van der Waals surface area contributed by atoms with Crippen molar-refractivity contribution in [2.75, 3.05) is 30.7 Å². The monoisotopic (exact) mass is 421 g/mol. The number of carbonyl (C=O) groups is 2. The highest BCUT2D eigenvalue weighted by Crippen LogP contribution is 2.35. The van der Waals surface area contributed by atoms with E-state index in [0.717, 1.165) is 22.6 Å². The van der Waals surface area contributed by atoms with E-state index in [1.807, 2.05) is 40.9 Å². The van der Waals surface area contributed by atoms with Crippen molar-refractivity contribution in [2.24, 2.45) is 5.92 Å². The average Bonchev–Trinajstić information content (AvgIpc) is 3.11. The number of aliphatic carboxylic acids is 1. The van der Waals surface area contributed by atoms with E-state index in [0.29, 0.717) is 49.6 Å². The molecule has 9 heteroatoms. The summed E-state index contributed by atoms with van der Waals surface area (Å²) in [5.74, 6) is -0.554. The van der Waals surface area contributed by atoms with Crippen LogP contribution in [0.4, 0.5) is 11.4 Å². The number of hydrogen-bond acceptors (Lipinski definition) is 6. The first-order chi connectivity index (χ1) is 15.0. The van der Waals surface area contributed by atoms with Crippen molar-refractivity contribution in [3.05, 3.63) is 42.2 Å². The minimum Gasteiger partial charge on any atom is -0.482 e. The van der Waals surface area contributed by atoms with Crippen molar-refractivity contribution >= 4 is 28.9 Å². The van der Waals surface area contributed by atoms with Crippen LogP contribution in [-0.4, -0.2) is 51.0 Å². The smallest absolute Gasteiger partial charge is 0.306 e. The summed E-state index contributed by atoms with van der Waals surface area (Å²) in [4.78, 5) is 30.1. The number of carbonyl (C=O) groups excluding carboxylic acids is 1. The van der Waals surface area contributed by atoms with Gasteiger partial charge in [-0.05, 0) is 56.3 Å². The molecule has 0 saturated carbocycles. The molecule has 5 rings (SSSR count). The Bertz CT molecular complexity index is 1180. The number of carboxylic acids is 1. The zero-order valence-electron chi connectivity index (χ0n) is 16.9. The molecule has 0 atom stereocenters. The van der Waals surface area contributed by atoms with Crippen LogP contribution in [0.25, 0.3) is 16.9 Å². The maximum absolute atomic E-state index is 11.7. The summed E-state index contributed by atoms with van der Waals surface area (Å²) < 4.78 is 7.46. The van der Waals surface area contributed by atoms with E-state index in [-0.39, 0.29) is 18.4 Å². The molecule has 2 aromatic heterocycles. The van der Waals surface area contributed by atoms with Gasteiger partial charge >= 0.3 is 5.97 Å². The van der Waals surface area contributed by atoms with Gasteiger partial charge in [0.2, 0.25) is 0 Å². The van der Waals surface area contributed by atoms with Crippen LogP contribution in [0.1, 0.15) is 18.5 Å². The molecule has 4 N–H and O–H groups in total. The van der Waals surface area contributed by atoms with Crippen LogP contribution in [0, 0.1) is 5.92 Å². The lowest BCUT2D eigenvalue weighted by atomic mass is 9.97. The second-order valence-corrected chi connectivity index (χ2v) is 8.03. The predicted molar refractivity (Wildman–Crippen MR) is 115 cm³/mol. The number of likely N-dealkylation sites (tertiary alicyclic amines) is 1. The molecule has 4 heterocycles. The van der Waals surface area contributed by atoms with Gasteiger partial charge in [-0.1, -0.05) is 0 Å². The molecular weight excluding hydrogens is 398 g/mol. The lowest BCUT2D eigenvalue weighted by Gasteiger charge is -2.30. The van der Waals surface area contributed by atoms with Crippen LogP contribution in [-0.2, 0) is 16.1 Å². The van der Waals surface area contributed by atoms with Crippen LogP contribution in [0.15, 0.2) is 36.5 Å². The fraction of sp³-hybridized carbons (Fsp3) is 0.318. The van der Waals surface area contributed by atoms with Crippen LogP contribution in [0.2, 0.25) is 0 Å². The number of amides is 1. The van der Waals surface area contributed by atoms with Crippen LogP contribution in [0.5, 0.6) is 5.75 Å². The minimum atomic E-state index is -0.721. The molecule has 31 heavy (non-hydrogen) atoms. The maximum Gasteiger partial charge on any atom is 0.306 e. The van der Waals surface area contributed by atoms with Crippen molar-refractivity contribution in [3.63, 3.8) is 0 Å². The number of aromatic nitrogens is 2. The first kappa shape index (κ1) is 19.4. The highest BCUT2D eigenvalue weighted by molar-refractivity contribution is 5.96. The molecule has 9 nitrogen and oxygen atoms in total. The van der Waals surface area contributed by atoms with Crippen molar-refractivity contribution in [1.82, 2.24) is 14.3 Å². The Hall–Kier alpha value is -3.59. The first-order valence-corrected chi connectivity index (χ1v) is 10.3. The third-order valence-corrected chi connectivity index (χ3v) is 5.94. The Morgan fingerprint density at radius 3 is 2.84 bits per heavy atom. The molecule has 160 valence electrons. The van der Waals surface area contributed by atoms with Gasteiger partial charge in [-0.3, -0.25) is 14.5 Å². The van der Waals surface area contributed by atoms with Gasteiger partial charge in [-0.25, -0.2) is 4.98 Å². The number of nitrogens with two attached hydrogens (primary N) is 1. The van der Waals surface area contributed by atoms with Gasteiger partial charge in [0.15, 0.2) is 6.61 Å². The lowest BCUT2D eigenvalue weighted by Crippen LogP contribution is -2.36. The largest absolute Gasteiger partial charge is 0.482 e. The van der Waals surface area contributed by atoms with Crippen LogP contribution < -0.4 is 15.8 Å². The molecule has 0 bridgehead atoms. The number of benzene rings is 1. The average molecular weight is 421 g/mol. The van der Waals surface area contributed by atoms with E-state index < -0.39 is 5.97 Å². The molecule has 0 aliphatic carbocycles. The quantitative estimate of drug-likeness (QED) is 0.590. The number of ether oxygens (including phenoxy) is 1. The fourth-order valence-electron chi connectivity index (χ4n) is 4.27. The molecule has 1 saturated heterocycles. The van der Waals surface area contributed by atoms with Gasteiger partial charge in [0.05, 0.1) is 23.0 Å². The summed E-state index contributed by atoms with van der Waals surface area (Å²) in [6.45, 7) is 2.05. The second kappa shape index (κ2) is 7.59. The van der Waals surface area contributed by atoms with E-state index in [1.54, 1.807) is 0 Å². The highest BCUT2D eigenvalue weighted by atomic mass is 16.5. The van der Waals surface area contributed by atoms with E-state index in [9.17, 15) is 14.7 Å². The number of hydrogen-bond donors (Lipinski definition) is 3. The molecule has 1 aromatic carbocycles. The SMILES string of the molecule is Nc1ccc2nc(-c3ccc4c(c3)NC(=O)CO4)c(CN3CCC(C(=O)O)CC3)n2c1. The highest BCUT2D eigenvalue weighted by Gasteiger charge is 2.26. The number of fused-ring (bicyclic) bond motifs is 2. The summed E-state index contributed by atoms with van der Waals surface area (Å²) in [6, 6.07) is 9.33. The number of pyridine rings is 1. The molecule has 2 aliphatic heterocycles. The minimum absolute atomic E-state index is 0.0114. The van der Waals surface area contributed by atoms with Gasteiger partial charge in [0, 0.05) is 24.0 Å². The lowest BCUT2D eigenvalue weighted by molar-refractivity contribution is -0.143. The number of imidazole rings is 1. The summed E-state index contributed by atoms with van der Waals surface area (Å²) in [6.07, 6.45) is 3.12. The Morgan fingerprint density at radius 2 is 2.06 bits per heavy atom. The van der Waals surface area contributed by atoms with Crippen LogP contribution in [0.3, 0.4) is 0 Å². The number of anilines is 2. The second-order valence-electron chi connectivity index (χ2n) is 8.03. The maximum atomic E-state index is 11.7. The molecule has 1 amide bonds. The van der Waals surface area contributed by atoms with Crippen molar-refractivity contribution < 1.29 is 19.4 Å². The van der Waals surface area contributed by atoms with Gasteiger partial charge in [0.1, 0.15) is 11.4 Å². The Kier molecular flexibility index (Phi) is 4.74. The molecular formula is C22H23N5O4. The Balaban J connectivity index is 1.52. The van der Waals surface area contributed by atoms with Gasteiger partial charge in [0.25, 0.3) is 5.91 Å². The molecule has 2 aliphatic rings. The molecule has 3 aromatic rings. The van der Waals surface area contributed by atoms with E-state index >= 15 is 0 Å². The number of piperidine rings is 1. The normalized spacial score (nSPS) is 17.2. The van der Waals surface area contributed by atoms with E-state index in [1.165, 1.54) is 0 Å². The Labute approximate surface area is 178 Å². The van der Waals surface area contributed by atoms with E-state index in [2.05, 4.69) is 10.2 Å². The molecule has 0 unspecified atom stereocenters. The summed E-state index contributed by atoms with van der Waals surface area (Å²) >= 11 is 0. The zero-order chi connectivity index (χ0) is 21.5. The van der Waals surface area contributed by atoms with Crippen molar-refractivity contribution in [1.29, 1.82) is 0 Å². The number of rotatable bonds is 4. The topological polar surface area (TPSA) is 122 Å². The van der Waals surface area contributed by atoms with Crippen LogP contribution >= 0.6 is 0 Å². The number of nitrogens with zero attached hydrogens (tertiary/aromatic N) is 3. The zero-order valence-corrected chi connectivity index (χ0v) is 16.9.